The number of carbonyl (C=O) groups excluding carboxylic acids is 2. The average Bonchev–Trinajstić information content (AvgIpc) is 3.30. The van der Waals surface area contributed by atoms with Crippen LogP contribution in [0, 0.1) is 0 Å². The zero-order chi connectivity index (χ0) is 31.0. The van der Waals surface area contributed by atoms with E-state index in [0.717, 1.165) is 11.1 Å². The molecule has 0 radical (unpaired) electrons. The largest absolute Gasteiger partial charge is 0.454 e. The zero-order valence-electron chi connectivity index (χ0n) is 25.6. The van der Waals surface area contributed by atoms with Crippen LogP contribution in [0.5, 0.6) is 0 Å². The molecular weight excluding hydrogens is 562 g/mol. The fraction of sp³-hybridized carbons (Fsp3) is 0.412. The van der Waals surface area contributed by atoms with Crippen LogP contribution < -0.4 is 0 Å². The van der Waals surface area contributed by atoms with E-state index in [0.29, 0.717) is 5.56 Å². The van der Waals surface area contributed by atoms with Gasteiger partial charge in [0.1, 0.15) is 12.7 Å². The maximum atomic E-state index is 13.8. The number of hydrogen-bond acceptors (Lipinski definition) is 7. The number of nitrogens with zero attached hydrogens (tertiary/aromatic N) is 1. The van der Waals surface area contributed by atoms with Crippen molar-refractivity contribution in [3.63, 3.8) is 0 Å². The van der Waals surface area contributed by atoms with Crippen LogP contribution in [0.4, 0.5) is 4.79 Å². The molecule has 3 aromatic carbocycles. The molecular formula is C34H43NO7Si. The molecule has 9 heteroatoms. The van der Waals surface area contributed by atoms with Gasteiger partial charge in [0.25, 0.3) is 0 Å². The summed E-state index contributed by atoms with van der Waals surface area (Å²) >= 11 is 0. The van der Waals surface area contributed by atoms with Crippen LogP contribution in [0.15, 0.2) is 91.0 Å². The van der Waals surface area contributed by atoms with Crippen LogP contribution in [-0.4, -0.2) is 67.9 Å². The number of carbonyl (C=O) groups is 2. The lowest BCUT2D eigenvalue weighted by atomic mass is 10.1. The van der Waals surface area contributed by atoms with E-state index in [1.807, 2.05) is 66.7 Å². The lowest BCUT2D eigenvalue weighted by molar-refractivity contribution is -0.0605. The van der Waals surface area contributed by atoms with Crippen LogP contribution in [0.2, 0.25) is 18.1 Å². The van der Waals surface area contributed by atoms with E-state index in [1.54, 1.807) is 24.3 Å². The van der Waals surface area contributed by atoms with Crippen molar-refractivity contribution in [1.82, 2.24) is 4.90 Å². The number of aliphatic hydroxyl groups is 1. The number of esters is 1. The van der Waals surface area contributed by atoms with Crippen molar-refractivity contribution in [1.29, 1.82) is 0 Å². The van der Waals surface area contributed by atoms with Gasteiger partial charge in [-0.2, -0.15) is 0 Å². The number of amides is 1. The Morgan fingerprint density at radius 3 is 1.86 bits per heavy atom. The second-order valence-corrected chi connectivity index (χ2v) is 17.1. The van der Waals surface area contributed by atoms with E-state index in [2.05, 4.69) is 33.9 Å². The van der Waals surface area contributed by atoms with Crippen molar-refractivity contribution < 1.29 is 33.3 Å². The van der Waals surface area contributed by atoms with Crippen molar-refractivity contribution in [3.8, 4) is 0 Å². The molecule has 1 amide bonds. The Bertz CT molecular complexity index is 1310. The Labute approximate surface area is 255 Å². The highest BCUT2D eigenvalue weighted by molar-refractivity contribution is 6.74. The van der Waals surface area contributed by atoms with Crippen molar-refractivity contribution in [2.45, 2.75) is 76.4 Å². The van der Waals surface area contributed by atoms with E-state index in [4.69, 9.17) is 18.6 Å². The molecule has 4 atom stereocenters. The molecule has 1 fully saturated rings. The first-order valence-corrected chi connectivity index (χ1v) is 17.6. The topological polar surface area (TPSA) is 94.5 Å². The van der Waals surface area contributed by atoms with Gasteiger partial charge in [-0.1, -0.05) is 99.6 Å². The van der Waals surface area contributed by atoms with Crippen molar-refractivity contribution in [2.75, 3.05) is 13.2 Å². The monoisotopic (exact) mass is 605 g/mol. The standard InChI is InChI=1S/C34H43NO7Si/c1-34(2,3)43(4,5)41-24-29-30(39-22-25-15-9-6-10-16-25)31(42-32(37)27-19-13-8-14-20-27)28(21-36)35(29)33(38)40-23-26-17-11-7-12-18-26/h6-20,28-31,36H,21-24H2,1-5H3/t28-,29+,30-,31-/m1/s1. The number of likely N-dealkylation sites (tertiary alicyclic amines) is 1. The zero-order valence-corrected chi connectivity index (χ0v) is 26.6. The number of hydrogen-bond donors (Lipinski definition) is 1. The quantitative estimate of drug-likeness (QED) is 0.205. The molecule has 0 saturated carbocycles. The van der Waals surface area contributed by atoms with Gasteiger partial charge in [-0.25, -0.2) is 9.59 Å². The van der Waals surface area contributed by atoms with Crippen molar-refractivity contribution >= 4 is 20.4 Å². The summed E-state index contributed by atoms with van der Waals surface area (Å²) in [6, 6.07) is 26.1. The lowest BCUT2D eigenvalue weighted by Gasteiger charge is -2.38. The summed E-state index contributed by atoms with van der Waals surface area (Å²) in [4.78, 5) is 28.6. The van der Waals surface area contributed by atoms with Gasteiger partial charge in [-0.3, -0.25) is 4.90 Å². The van der Waals surface area contributed by atoms with Gasteiger partial charge in [-0.05, 0) is 41.4 Å². The SMILES string of the molecule is CC(C)(C)[Si](C)(C)OC[C@H]1[C@@H](OCc2ccccc2)[C@H](OC(=O)c2ccccc2)[C@@H](CO)N1C(=O)OCc1ccccc1. The second-order valence-electron chi connectivity index (χ2n) is 12.3. The second kappa shape index (κ2) is 14.3. The molecule has 8 nitrogen and oxygen atoms in total. The molecule has 4 rings (SSSR count). The molecule has 0 unspecified atom stereocenters. The van der Waals surface area contributed by atoms with Crippen molar-refractivity contribution in [2.24, 2.45) is 0 Å². The molecule has 0 bridgehead atoms. The van der Waals surface area contributed by atoms with Gasteiger partial charge in [-0.15, -0.1) is 0 Å². The Morgan fingerprint density at radius 2 is 1.33 bits per heavy atom. The molecule has 230 valence electrons. The molecule has 43 heavy (non-hydrogen) atoms. The maximum Gasteiger partial charge on any atom is 0.410 e. The third kappa shape index (κ3) is 8.11. The van der Waals surface area contributed by atoms with Crippen LogP contribution >= 0.6 is 0 Å². The van der Waals surface area contributed by atoms with E-state index in [1.165, 1.54) is 4.90 Å². The van der Waals surface area contributed by atoms with Crippen LogP contribution in [-0.2, 0) is 31.9 Å². The maximum absolute atomic E-state index is 13.8. The molecule has 1 aliphatic heterocycles. The average molecular weight is 606 g/mol. The molecule has 1 N–H and O–H groups in total. The fourth-order valence-electron chi connectivity index (χ4n) is 4.83. The molecule has 0 aliphatic carbocycles. The molecule has 3 aromatic rings. The molecule has 0 spiro atoms. The summed E-state index contributed by atoms with van der Waals surface area (Å²) in [6.45, 7) is 10.6. The van der Waals surface area contributed by atoms with E-state index in [-0.39, 0.29) is 24.9 Å². The Morgan fingerprint density at radius 1 is 0.791 bits per heavy atom. The van der Waals surface area contributed by atoms with Gasteiger partial charge < -0.3 is 23.7 Å². The molecule has 0 aromatic heterocycles. The van der Waals surface area contributed by atoms with Crippen LogP contribution in [0.1, 0.15) is 42.3 Å². The summed E-state index contributed by atoms with van der Waals surface area (Å²) in [6.07, 6.45) is -2.41. The van der Waals surface area contributed by atoms with Gasteiger partial charge >= 0.3 is 12.1 Å². The number of benzene rings is 3. The first-order chi connectivity index (χ1) is 20.5. The predicted molar refractivity (Wildman–Crippen MR) is 167 cm³/mol. The lowest BCUT2D eigenvalue weighted by Crippen LogP contribution is -2.50. The molecule has 1 aliphatic rings. The fourth-order valence-corrected chi connectivity index (χ4v) is 5.85. The van der Waals surface area contributed by atoms with E-state index >= 15 is 0 Å². The minimum absolute atomic E-state index is 0.0497. The number of rotatable bonds is 11. The van der Waals surface area contributed by atoms with Gasteiger partial charge in [0.15, 0.2) is 14.4 Å². The molecule has 1 saturated heterocycles. The minimum atomic E-state index is -2.27. The third-order valence-electron chi connectivity index (χ3n) is 8.36. The molecule has 1 heterocycles. The van der Waals surface area contributed by atoms with Gasteiger partial charge in [0, 0.05) is 0 Å². The summed E-state index contributed by atoms with van der Waals surface area (Å²) in [5.74, 6) is -0.569. The normalized spacial score (nSPS) is 20.6. The van der Waals surface area contributed by atoms with Crippen LogP contribution in [0.3, 0.4) is 0 Å². The minimum Gasteiger partial charge on any atom is -0.454 e. The Hall–Kier alpha value is -3.50. The summed E-state index contributed by atoms with van der Waals surface area (Å²) < 4.78 is 24.9. The van der Waals surface area contributed by atoms with Gasteiger partial charge in [0.05, 0.1) is 37.5 Å². The van der Waals surface area contributed by atoms with Crippen molar-refractivity contribution in [3.05, 3.63) is 108 Å². The Kier molecular flexibility index (Phi) is 10.8. The van der Waals surface area contributed by atoms with Crippen LogP contribution in [0.25, 0.3) is 0 Å². The number of ether oxygens (including phenoxy) is 3. The predicted octanol–water partition coefficient (Wildman–Crippen LogP) is 6.20. The summed E-state index contributed by atoms with van der Waals surface area (Å²) in [5.41, 5.74) is 2.11. The van der Waals surface area contributed by atoms with Gasteiger partial charge in [0.2, 0.25) is 0 Å². The first-order valence-electron chi connectivity index (χ1n) is 14.7. The smallest absolute Gasteiger partial charge is 0.410 e. The Balaban J connectivity index is 1.68. The summed E-state index contributed by atoms with van der Waals surface area (Å²) in [5, 5.41) is 10.6. The van der Waals surface area contributed by atoms with E-state index in [9.17, 15) is 14.7 Å². The highest BCUT2D eigenvalue weighted by atomic mass is 28.4. The summed E-state index contributed by atoms with van der Waals surface area (Å²) in [7, 11) is -2.27. The third-order valence-corrected chi connectivity index (χ3v) is 12.9. The highest BCUT2D eigenvalue weighted by Crippen LogP contribution is 2.39. The number of aliphatic hydroxyl groups excluding tert-OH is 1. The first kappa shape index (κ1) is 32.4. The van der Waals surface area contributed by atoms with E-state index < -0.39 is 51.3 Å². The highest BCUT2D eigenvalue weighted by Gasteiger charge is 2.55.